The van der Waals surface area contributed by atoms with Crippen molar-refractivity contribution >= 4 is 11.6 Å². The zero-order valence-corrected chi connectivity index (χ0v) is 10.8. The summed E-state index contributed by atoms with van der Waals surface area (Å²) in [5.41, 5.74) is 4.57. The van der Waals surface area contributed by atoms with Crippen molar-refractivity contribution in [2.75, 3.05) is 18.9 Å². The maximum atomic E-state index is 11.5. The predicted octanol–water partition coefficient (Wildman–Crippen LogP) is 1.26. The first kappa shape index (κ1) is 11.8. The van der Waals surface area contributed by atoms with Crippen molar-refractivity contribution in [1.82, 2.24) is 14.9 Å². The van der Waals surface area contributed by atoms with Gasteiger partial charge in [-0.05, 0) is 12.0 Å². The van der Waals surface area contributed by atoms with Crippen molar-refractivity contribution in [3.05, 3.63) is 36.3 Å². The maximum Gasteiger partial charge on any atom is 0.239 e. The van der Waals surface area contributed by atoms with E-state index in [2.05, 4.69) is 33.8 Å². The topological polar surface area (TPSA) is 59.0 Å². The highest BCUT2D eigenvalue weighted by molar-refractivity contribution is 5.81. The van der Waals surface area contributed by atoms with Gasteiger partial charge in [-0.2, -0.15) is 0 Å². The third kappa shape index (κ3) is 2.07. The van der Waals surface area contributed by atoms with Crippen LogP contribution in [0, 0.1) is 0 Å². The van der Waals surface area contributed by atoms with Crippen LogP contribution in [-0.4, -0.2) is 29.1 Å². The van der Waals surface area contributed by atoms with E-state index in [0.29, 0.717) is 0 Å². The van der Waals surface area contributed by atoms with Crippen LogP contribution < -0.4 is 10.6 Å². The van der Waals surface area contributed by atoms with Crippen LogP contribution in [-0.2, 0) is 17.8 Å². The van der Waals surface area contributed by atoms with E-state index in [1.165, 1.54) is 11.3 Å². The van der Waals surface area contributed by atoms with Crippen molar-refractivity contribution in [3.63, 3.8) is 0 Å². The number of anilines is 1. The molecule has 2 heterocycles. The SMILES string of the molecule is CNC(=O)Cn1cncc1-c1cccc2c1NCC2. The number of nitrogens with zero attached hydrogens (tertiary/aromatic N) is 2. The van der Waals surface area contributed by atoms with Gasteiger partial charge in [0.05, 0.1) is 18.2 Å². The molecule has 1 aromatic heterocycles. The molecule has 0 spiro atoms. The van der Waals surface area contributed by atoms with Gasteiger partial charge in [0, 0.05) is 24.8 Å². The first-order valence-corrected chi connectivity index (χ1v) is 6.36. The van der Waals surface area contributed by atoms with Crippen molar-refractivity contribution in [3.8, 4) is 11.3 Å². The Labute approximate surface area is 111 Å². The molecule has 3 rings (SSSR count). The molecule has 0 unspecified atom stereocenters. The summed E-state index contributed by atoms with van der Waals surface area (Å²) in [4.78, 5) is 15.7. The molecule has 5 heteroatoms. The number of rotatable bonds is 3. The van der Waals surface area contributed by atoms with Crippen molar-refractivity contribution in [2.24, 2.45) is 0 Å². The van der Waals surface area contributed by atoms with Gasteiger partial charge >= 0.3 is 0 Å². The Morgan fingerprint density at radius 3 is 3.26 bits per heavy atom. The number of para-hydroxylation sites is 1. The normalized spacial score (nSPS) is 12.9. The van der Waals surface area contributed by atoms with Gasteiger partial charge in [0.1, 0.15) is 6.54 Å². The minimum atomic E-state index is -0.0280. The number of nitrogens with one attached hydrogen (secondary N) is 2. The number of hydrogen-bond acceptors (Lipinski definition) is 3. The molecule has 1 aromatic carbocycles. The molecule has 98 valence electrons. The van der Waals surface area contributed by atoms with E-state index in [4.69, 9.17) is 0 Å². The molecule has 0 bridgehead atoms. The number of fused-ring (bicyclic) bond motifs is 1. The fraction of sp³-hybridized carbons (Fsp3) is 0.286. The number of aromatic nitrogens is 2. The van der Waals surface area contributed by atoms with Gasteiger partial charge in [-0.25, -0.2) is 4.98 Å². The van der Waals surface area contributed by atoms with E-state index < -0.39 is 0 Å². The Balaban J connectivity index is 2.02. The number of hydrogen-bond donors (Lipinski definition) is 2. The third-order valence-corrected chi connectivity index (χ3v) is 3.43. The summed E-state index contributed by atoms with van der Waals surface area (Å²) in [6.07, 6.45) is 4.55. The molecule has 0 saturated carbocycles. The van der Waals surface area contributed by atoms with Crippen LogP contribution in [0.25, 0.3) is 11.3 Å². The summed E-state index contributed by atoms with van der Waals surface area (Å²) in [7, 11) is 1.64. The summed E-state index contributed by atoms with van der Waals surface area (Å²) < 4.78 is 1.87. The average Bonchev–Trinajstić information content (AvgIpc) is 3.06. The average molecular weight is 256 g/mol. The zero-order valence-electron chi connectivity index (χ0n) is 10.8. The standard InChI is InChI=1S/C14H16N4O/c1-15-13(19)8-18-9-16-7-12(18)11-4-2-3-10-5-6-17-14(10)11/h2-4,7,9,17H,5-6,8H2,1H3,(H,15,19). The van der Waals surface area contributed by atoms with Crippen LogP contribution in [0.15, 0.2) is 30.7 Å². The Morgan fingerprint density at radius 2 is 2.42 bits per heavy atom. The predicted molar refractivity (Wildman–Crippen MR) is 73.9 cm³/mol. The summed E-state index contributed by atoms with van der Waals surface area (Å²) in [6, 6.07) is 6.26. The molecule has 0 aliphatic carbocycles. The second kappa shape index (κ2) is 4.76. The number of benzene rings is 1. The summed E-state index contributed by atoms with van der Waals surface area (Å²) >= 11 is 0. The van der Waals surface area contributed by atoms with Crippen LogP contribution in [0.1, 0.15) is 5.56 Å². The quantitative estimate of drug-likeness (QED) is 0.869. The van der Waals surface area contributed by atoms with Crippen LogP contribution >= 0.6 is 0 Å². The highest BCUT2D eigenvalue weighted by Crippen LogP contribution is 2.33. The van der Waals surface area contributed by atoms with E-state index >= 15 is 0 Å². The van der Waals surface area contributed by atoms with Crippen LogP contribution in [0.4, 0.5) is 5.69 Å². The molecule has 0 fully saturated rings. The van der Waals surface area contributed by atoms with Crippen LogP contribution in [0.2, 0.25) is 0 Å². The Kier molecular flexibility index (Phi) is 2.95. The Bertz CT molecular complexity index is 618. The molecule has 19 heavy (non-hydrogen) atoms. The van der Waals surface area contributed by atoms with Gasteiger partial charge in [0.2, 0.25) is 5.91 Å². The fourth-order valence-corrected chi connectivity index (χ4v) is 2.46. The number of carbonyl (C=O) groups excluding carboxylic acids is 1. The number of likely N-dealkylation sites (N-methyl/N-ethyl adjacent to an activating group) is 1. The molecule has 5 nitrogen and oxygen atoms in total. The molecule has 0 radical (unpaired) electrons. The molecule has 0 atom stereocenters. The zero-order chi connectivity index (χ0) is 13.2. The van der Waals surface area contributed by atoms with Crippen molar-refractivity contribution in [2.45, 2.75) is 13.0 Å². The lowest BCUT2D eigenvalue weighted by molar-refractivity contribution is -0.121. The van der Waals surface area contributed by atoms with Crippen molar-refractivity contribution in [1.29, 1.82) is 0 Å². The van der Waals surface area contributed by atoms with E-state index in [9.17, 15) is 4.79 Å². The van der Waals surface area contributed by atoms with Gasteiger partial charge in [-0.3, -0.25) is 4.79 Å². The van der Waals surface area contributed by atoms with E-state index in [0.717, 1.165) is 24.2 Å². The van der Waals surface area contributed by atoms with E-state index in [1.807, 2.05) is 4.57 Å². The van der Waals surface area contributed by atoms with Gasteiger partial charge in [-0.1, -0.05) is 18.2 Å². The largest absolute Gasteiger partial charge is 0.384 e. The van der Waals surface area contributed by atoms with Gasteiger partial charge in [0.15, 0.2) is 0 Å². The first-order valence-electron chi connectivity index (χ1n) is 6.36. The van der Waals surface area contributed by atoms with E-state index in [-0.39, 0.29) is 12.5 Å². The maximum absolute atomic E-state index is 11.5. The smallest absolute Gasteiger partial charge is 0.239 e. The minimum absolute atomic E-state index is 0.0280. The van der Waals surface area contributed by atoms with Gasteiger partial charge in [0.25, 0.3) is 0 Å². The second-order valence-corrected chi connectivity index (χ2v) is 4.60. The first-order chi connectivity index (χ1) is 9.29. The molecule has 2 aromatic rings. The van der Waals surface area contributed by atoms with Crippen molar-refractivity contribution < 1.29 is 4.79 Å². The van der Waals surface area contributed by atoms with Gasteiger partial charge in [-0.15, -0.1) is 0 Å². The fourth-order valence-electron chi connectivity index (χ4n) is 2.46. The lowest BCUT2D eigenvalue weighted by Gasteiger charge is -2.11. The molecular weight excluding hydrogens is 240 g/mol. The summed E-state index contributed by atoms with van der Waals surface area (Å²) in [5, 5.41) is 6.04. The summed E-state index contributed by atoms with van der Waals surface area (Å²) in [5.74, 6) is -0.0280. The molecule has 1 aliphatic rings. The number of carbonyl (C=O) groups is 1. The molecular formula is C14H16N4O. The molecule has 2 N–H and O–H groups in total. The monoisotopic (exact) mass is 256 g/mol. The van der Waals surface area contributed by atoms with Crippen LogP contribution in [0.5, 0.6) is 0 Å². The third-order valence-electron chi connectivity index (χ3n) is 3.43. The van der Waals surface area contributed by atoms with Gasteiger partial charge < -0.3 is 15.2 Å². The highest BCUT2D eigenvalue weighted by Gasteiger charge is 2.17. The Hall–Kier alpha value is -2.30. The Morgan fingerprint density at radius 1 is 1.53 bits per heavy atom. The highest BCUT2D eigenvalue weighted by atomic mass is 16.1. The molecule has 0 saturated heterocycles. The lowest BCUT2D eigenvalue weighted by Crippen LogP contribution is -2.23. The number of amides is 1. The summed E-state index contributed by atoms with van der Waals surface area (Å²) in [6.45, 7) is 1.26. The minimum Gasteiger partial charge on any atom is -0.384 e. The lowest BCUT2D eigenvalue weighted by atomic mass is 10.1. The van der Waals surface area contributed by atoms with Crippen LogP contribution in [0.3, 0.4) is 0 Å². The molecule has 1 amide bonds. The second-order valence-electron chi connectivity index (χ2n) is 4.60. The molecule has 1 aliphatic heterocycles. The van der Waals surface area contributed by atoms with E-state index in [1.54, 1.807) is 19.6 Å². The number of imidazole rings is 1.